The summed E-state index contributed by atoms with van der Waals surface area (Å²) in [6, 6.07) is 9.70. The number of para-hydroxylation sites is 1. The van der Waals surface area contributed by atoms with E-state index in [-0.39, 0.29) is 12.5 Å². The number of carbonyl (C=O) groups excluding carboxylic acids is 2. The van der Waals surface area contributed by atoms with E-state index >= 15 is 0 Å². The highest BCUT2D eigenvalue weighted by molar-refractivity contribution is 6.36. The molecule has 1 aliphatic rings. The van der Waals surface area contributed by atoms with Crippen LogP contribution in [0.5, 0.6) is 5.75 Å². The molecule has 0 spiro atoms. The van der Waals surface area contributed by atoms with E-state index in [0.29, 0.717) is 32.7 Å². The Morgan fingerprint density at radius 3 is 2.86 bits per heavy atom. The summed E-state index contributed by atoms with van der Waals surface area (Å²) in [6.45, 7) is -0.130. The molecule has 0 atom stereocenters. The van der Waals surface area contributed by atoms with Crippen LogP contribution in [0.3, 0.4) is 0 Å². The number of ether oxygens (including phenoxy) is 1. The van der Waals surface area contributed by atoms with Gasteiger partial charge in [-0.05, 0) is 30.3 Å². The van der Waals surface area contributed by atoms with E-state index < -0.39 is 5.91 Å². The van der Waals surface area contributed by atoms with Crippen LogP contribution in [0.2, 0.25) is 10.0 Å². The van der Waals surface area contributed by atoms with Gasteiger partial charge in [-0.15, -0.1) is 0 Å². The van der Waals surface area contributed by atoms with Crippen LogP contribution in [0, 0.1) is 0 Å². The highest BCUT2D eigenvalue weighted by atomic mass is 35.5. The van der Waals surface area contributed by atoms with E-state index in [9.17, 15) is 9.59 Å². The van der Waals surface area contributed by atoms with E-state index in [0.717, 1.165) is 0 Å². The van der Waals surface area contributed by atoms with Crippen molar-refractivity contribution in [2.24, 2.45) is 0 Å². The van der Waals surface area contributed by atoms with Gasteiger partial charge in [-0.25, -0.2) is 0 Å². The lowest BCUT2D eigenvalue weighted by Crippen LogP contribution is -2.27. The minimum absolute atomic E-state index is 0.130. The molecule has 0 aromatic heterocycles. The maximum atomic E-state index is 12.4. The molecule has 0 fully saturated rings. The van der Waals surface area contributed by atoms with Crippen LogP contribution in [-0.4, -0.2) is 18.4 Å². The van der Waals surface area contributed by atoms with E-state index in [1.807, 2.05) is 0 Å². The summed E-state index contributed by atoms with van der Waals surface area (Å²) in [5, 5.41) is 6.16. The van der Waals surface area contributed by atoms with Crippen LogP contribution >= 0.6 is 23.2 Å². The largest absolute Gasteiger partial charge is 0.481 e. The second kappa shape index (κ2) is 5.87. The Bertz CT molecular complexity index is 777. The maximum absolute atomic E-state index is 12.4. The van der Waals surface area contributed by atoms with Crippen LogP contribution in [0.4, 0.5) is 11.4 Å². The topological polar surface area (TPSA) is 67.4 Å². The van der Waals surface area contributed by atoms with Crippen molar-refractivity contribution in [2.45, 2.75) is 0 Å². The zero-order valence-electron chi connectivity index (χ0n) is 11.2. The van der Waals surface area contributed by atoms with Crippen molar-refractivity contribution in [3.05, 3.63) is 52.0 Å². The molecule has 0 unspecified atom stereocenters. The van der Waals surface area contributed by atoms with Gasteiger partial charge in [0.2, 0.25) is 0 Å². The first kappa shape index (κ1) is 14.7. The van der Waals surface area contributed by atoms with E-state index in [1.165, 1.54) is 0 Å². The van der Waals surface area contributed by atoms with E-state index in [4.69, 9.17) is 27.9 Å². The first-order valence-corrected chi connectivity index (χ1v) is 7.12. The average molecular weight is 337 g/mol. The van der Waals surface area contributed by atoms with Crippen LogP contribution in [0.1, 0.15) is 10.4 Å². The van der Waals surface area contributed by atoms with Gasteiger partial charge in [-0.2, -0.15) is 0 Å². The molecule has 0 bridgehead atoms. The zero-order valence-corrected chi connectivity index (χ0v) is 12.7. The number of benzene rings is 2. The lowest BCUT2D eigenvalue weighted by Gasteiger charge is -2.20. The second-order valence-corrected chi connectivity index (χ2v) is 5.44. The summed E-state index contributed by atoms with van der Waals surface area (Å²) in [6.07, 6.45) is 0. The number of rotatable bonds is 2. The maximum Gasteiger partial charge on any atom is 0.262 e. The molecule has 2 amide bonds. The molecular formula is C15H10Cl2N2O3. The van der Waals surface area contributed by atoms with Crippen LogP contribution in [-0.2, 0) is 4.79 Å². The third-order valence-electron chi connectivity index (χ3n) is 3.06. The van der Waals surface area contributed by atoms with Gasteiger partial charge in [0.15, 0.2) is 12.4 Å². The van der Waals surface area contributed by atoms with Crippen molar-refractivity contribution in [3.63, 3.8) is 0 Å². The predicted molar refractivity (Wildman–Crippen MR) is 85.0 cm³/mol. The Balaban J connectivity index is 1.91. The zero-order chi connectivity index (χ0) is 15.7. The lowest BCUT2D eigenvalue weighted by molar-refractivity contribution is -0.118. The van der Waals surface area contributed by atoms with Gasteiger partial charge < -0.3 is 15.4 Å². The molecule has 2 N–H and O–H groups in total. The van der Waals surface area contributed by atoms with Gasteiger partial charge in [0.25, 0.3) is 11.8 Å². The van der Waals surface area contributed by atoms with Crippen molar-refractivity contribution in [1.82, 2.24) is 0 Å². The standard InChI is InChI=1S/C15H10Cl2N2O3/c16-8-4-5-10(17)12(6-8)19-15(21)9-2-1-3-11-14(9)22-7-13(20)18-11/h1-6H,7H2,(H,18,20)(H,19,21). The molecule has 22 heavy (non-hydrogen) atoms. The average Bonchev–Trinajstić information content (AvgIpc) is 2.50. The van der Waals surface area contributed by atoms with E-state index in [1.54, 1.807) is 36.4 Å². The fourth-order valence-electron chi connectivity index (χ4n) is 2.08. The number of anilines is 2. The molecule has 5 nitrogen and oxygen atoms in total. The first-order valence-electron chi connectivity index (χ1n) is 6.36. The van der Waals surface area contributed by atoms with Crippen LogP contribution < -0.4 is 15.4 Å². The molecule has 7 heteroatoms. The number of halogens is 2. The molecule has 112 valence electrons. The van der Waals surface area contributed by atoms with Gasteiger partial charge in [0.1, 0.15) is 0 Å². The molecule has 2 aromatic carbocycles. The highest BCUT2D eigenvalue weighted by Gasteiger charge is 2.22. The molecule has 0 aliphatic carbocycles. The van der Waals surface area contributed by atoms with Gasteiger partial charge >= 0.3 is 0 Å². The Hall–Kier alpha value is -2.24. The number of amides is 2. The van der Waals surface area contributed by atoms with Crippen LogP contribution in [0.15, 0.2) is 36.4 Å². The van der Waals surface area contributed by atoms with Crippen molar-refractivity contribution < 1.29 is 14.3 Å². The predicted octanol–water partition coefficient (Wildman–Crippen LogP) is 3.58. The minimum atomic E-state index is -0.405. The molecule has 2 aromatic rings. The van der Waals surface area contributed by atoms with Gasteiger partial charge in [0, 0.05) is 5.02 Å². The Morgan fingerprint density at radius 1 is 1.23 bits per heavy atom. The number of nitrogens with one attached hydrogen (secondary N) is 2. The minimum Gasteiger partial charge on any atom is -0.481 e. The molecule has 1 heterocycles. The third kappa shape index (κ3) is 2.86. The molecule has 3 rings (SSSR count). The molecule has 0 saturated heterocycles. The second-order valence-electron chi connectivity index (χ2n) is 4.60. The summed E-state index contributed by atoms with van der Waals surface area (Å²) in [5.74, 6) is -0.335. The monoisotopic (exact) mass is 336 g/mol. The number of hydrogen-bond acceptors (Lipinski definition) is 3. The van der Waals surface area contributed by atoms with Crippen molar-refractivity contribution in [1.29, 1.82) is 0 Å². The third-order valence-corrected chi connectivity index (χ3v) is 3.62. The summed E-state index contributed by atoms with van der Waals surface area (Å²) in [5.41, 5.74) is 1.16. The van der Waals surface area contributed by atoms with Gasteiger partial charge in [0.05, 0.1) is 22.0 Å². The molecule has 0 radical (unpaired) electrons. The van der Waals surface area contributed by atoms with Crippen LogP contribution in [0.25, 0.3) is 0 Å². The fraction of sp³-hybridized carbons (Fsp3) is 0.0667. The quantitative estimate of drug-likeness (QED) is 0.880. The van der Waals surface area contributed by atoms with Crippen molar-refractivity contribution in [3.8, 4) is 5.75 Å². The summed E-state index contributed by atoms with van der Waals surface area (Å²) in [7, 11) is 0. The molecule has 1 aliphatic heterocycles. The van der Waals surface area contributed by atoms with Gasteiger partial charge in [-0.3, -0.25) is 9.59 Å². The smallest absolute Gasteiger partial charge is 0.262 e. The number of hydrogen-bond donors (Lipinski definition) is 2. The normalized spacial score (nSPS) is 12.9. The van der Waals surface area contributed by atoms with E-state index in [2.05, 4.69) is 10.6 Å². The Kier molecular flexibility index (Phi) is 3.92. The molecule has 0 saturated carbocycles. The number of carbonyl (C=O) groups is 2. The van der Waals surface area contributed by atoms with Gasteiger partial charge in [-0.1, -0.05) is 29.3 Å². The lowest BCUT2D eigenvalue weighted by atomic mass is 10.1. The molecular weight excluding hydrogens is 327 g/mol. The number of fused-ring (bicyclic) bond motifs is 1. The highest BCUT2D eigenvalue weighted by Crippen LogP contribution is 2.33. The Morgan fingerprint density at radius 2 is 2.05 bits per heavy atom. The summed E-state index contributed by atoms with van der Waals surface area (Å²) < 4.78 is 5.35. The summed E-state index contributed by atoms with van der Waals surface area (Å²) >= 11 is 11.9. The first-order chi connectivity index (χ1) is 10.5. The fourth-order valence-corrected chi connectivity index (χ4v) is 2.41. The van der Waals surface area contributed by atoms with Crippen molar-refractivity contribution in [2.75, 3.05) is 17.2 Å². The van der Waals surface area contributed by atoms with Crippen molar-refractivity contribution >= 4 is 46.4 Å². The Labute approximate surface area is 136 Å². The summed E-state index contributed by atoms with van der Waals surface area (Å²) in [4.78, 5) is 23.7. The SMILES string of the molecule is O=C1COc2c(cccc2C(=O)Nc2cc(Cl)ccc2Cl)N1.